The molecule has 3 heteroatoms. The van der Waals surface area contributed by atoms with E-state index in [2.05, 4.69) is 47.5 Å². The van der Waals surface area contributed by atoms with Crippen LogP contribution in [-0.4, -0.2) is 31.2 Å². The maximum atomic E-state index is 4.76. The van der Waals surface area contributed by atoms with E-state index in [1.807, 2.05) is 0 Å². The van der Waals surface area contributed by atoms with Crippen molar-refractivity contribution in [1.82, 2.24) is 10.3 Å². The number of fused-ring (bicyclic) bond motifs is 1. The van der Waals surface area contributed by atoms with Gasteiger partial charge >= 0.3 is 0 Å². The van der Waals surface area contributed by atoms with Gasteiger partial charge in [0.25, 0.3) is 0 Å². The van der Waals surface area contributed by atoms with Crippen LogP contribution in [0.5, 0.6) is 0 Å². The summed E-state index contributed by atoms with van der Waals surface area (Å²) < 4.78 is 0. The number of benzene rings is 1. The van der Waals surface area contributed by atoms with Crippen LogP contribution in [0.2, 0.25) is 0 Å². The second-order valence-corrected chi connectivity index (χ2v) is 4.55. The van der Waals surface area contributed by atoms with Crippen molar-refractivity contribution < 1.29 is 0 Å². The molecule has 0 bridgehead atoms. The molecule has 0 amide bonds. The third kappa shape index (κ3) is 1.98. The van der Waals surface area contributed by atoms with Crippen molar-refractivity contribution in [2.24, 2.45) is 0 Å². The lowest BCUT2D eigenvalue weighted by Gasteiger charge is -2.28. The Kier molecular flexibility index (Phi) is 2.69. The molecule has 88 valence electrons. The standard InChI is InChI=1S/C14H17N3/c1-11-3-2-4-13-12(11)5-6-14(16-13)17-9-7-15-8-10-17/h2-6,15H,7-10H2,1H3. The third-order valence-electron chi connectivity index (χ3n) is 3.38. The van der Waals surface area contributed by atoms with Gasteiger partial charge in [-0.2, -0.15) is 0 Å². The maximum Gasteiger partial charge on any atom is 0.129 e. The summed E-state index contributed by atoms with van der Waals surface area (Å²) in [5.74, 6) is 1.10. The Balaban J connectivity index is 2.01. The quantitative estimate of drug-likeness (QED) is 0.807. The number of pyridine rings is 1. The highest BCUT2D eigenvalue weighted by atomic mass is 15.2. The molecule has 0 saturated carbocycles. The van der Waals surface area contributed by atoms with Crippen LogP contribution in [-0.2, 0) is 0 Å². The summed E-state index contributed by atoms with van der Waals surface area (Å²) in [7, 11) is 0. The molecule has 3 nitrogen and oxygen atoms in total. The van der Waals surface area contributed by atoms with Crippen LogP contribution in [0.4, 0.5) is 5.82 Å². The number of aromatic nitrogens is 1. The van der Waals surface area contributed by atoms with Gasteiger partial charge in [-0.05, 0) is 30.7 Å². The van der Waals surface area contributed by atoms with Gasteiger partial charge in [-0.25, -0.2) is 4.98 Å². The largest absolute Gasteiger partial charge is 0.354 e. The van der Waals surface area contributed by atoms with E-state index in [0.29, 0.717) is 0 Å². The van der Waals surface area contributed by atoms with Gasteiger partial charge in [0, 0.05) is 31.6 Å². The minimum Gasteiger partial charge on any atom is -0.354 e. The minimum absolute atomic E-state index is 1.05. The Morgan fingerprint density at radius 2 is 1.94 bits per heavy atom. The Morgan fingerprint density at radius 3 is 2.76 bits per heavy atom. The summed E-state index contributed by atoms with van der Waals surface area (Å²) in [4.78, 5) is 7.10. The Bertz CT molecular complexity index is 530. The summed E-state index contributed by atoms with van der Waals surface area (Å²) in [6.07, 6.45) is 0. The lowest BCUT2D eigenvalue weighted by Crippen LogP contribution is -2.43. The molecule has 3 rings (SSSR count). The summed E-state index contributed by atoms with van der Waals surface area (Å²) in [5, 5.41) is 4.62. The predicted octanol–water partition coefficient (Wildman–Crippen LogP) is 1.95. The topological polar surface area (TPSA) is 28.2 Å². The van der Waals surface area contributed by atoms with E-state index in [0.717, 1.165) is 37.5 Å². The first-order valence-corrected chi connectivity index (χ1v) is 6.17. The number of rotatable bonds is 1. The first-order chi connectivity index (χ1) is 8.34. The SMILES string of the molecule is Cc1cccc2nc(N3CCNCC3)ccc12. The predicted molar refractivity (Wildman–Crippen MR) is 71.6 cm³/mol. The molecule has 1 aromatic heterocycles. The van der Waals surface area contributed by atoms with E-state index in [1.165, 1.54) is 10.9 Å². The fourth-order valence-corrected chi connectivity index (χ4v) is 2.37. The molecule has 1 N–H and O–H groups in total. The van der Waals surface area contributed by atoms with Gasteiger partial charge < -0.3 is 10.2 Å². The van der Waals surface area contributed by atoms with Gasteiger partial charge in [-0.3, -0.25) is 0 Å². The summed E-state index contributed by atoms with van der Waals surface area (Å²) >= 11 is 0. The number of piperazine rings is 1. The minimum atomic E-state index is 1.05. The van der Waals surface area contributed by atoms with Crippen molar-refractivity contribution in [3.8, 4) is 0 Å². The monoisotopic (exact) mass is 227 g/mol. The van der Waals surface area contributed by atoms with Gasteiger partial charge in [0.2, 0.25) is 0 Å². The van der Waals surface area contributed by atoms with Crippen molar-refractivity contribution >= 4 is 16.7 Å². The Morgan fingerprint density at radius 1 is 1.12 bits per heavy atom. The van der Waals surface area contributed by atoms with Crippen molar-refractivity contribution in [3.05, 3.63) is 35.9 Å². The lowest BCUT2D eigenvalue weighted by molar-refractivity contribution is 0.585. The van der Waals surface area contributed by atoms with Crippen molar-refractivity contribution in [3.63, 3.8) is 0 Å². The van der Waals surface area contributed by atoms with Crippen molar-refractivity contribution in [1.29, 1.82) is 0 Å². The molecule has 1 fully saturated rings. The molecule has 0 atom stereocenters. The summed E-state index contributed by atoms with van der Waals surface area (Å²) in [5.41, 5.74) is 2.39. The van der Waals surface area contributed by atoms with Crippen LogP contribution in [0.1, 0.15) is 5.56 Å². The van der Waals surface area contributed by atoms with E-state index in [9.17, 15) is 0 Å². The molecule has 0 spiro atoms. The molecule has 0 unspecified atom stereocenters. The molecule has 17 heavy (non-hydrogen) atoms. The molecule has 2 aromatic rings. The third-order valence-corrected chi connectivity index (χ3v) is 3.38. The summed E-state index contributed by atoms with van der Waals surface area (Å²) in [6.45, 7) is 6.32. The zero-order valence-corrected chi connectivity index (χ0v) is 10.1. The van der Waals surface area contributed by atoms with Crippen LogP contribution in [0.15, 0.2) is 30.3 Å². The molecule has 1 saturated heterocycles. The second kappa shape index (κ2) is 4.34. The number of hydrogen-bond donors (Lipinski definition) is 1. The van der Waals surface area contributed by atoms with Crippen LogP contribution in [0.3, 0.4) is 0 Å². The normalized spacial score (nSPS) is 16.4. The number of hydrogen-bond acceptors (Lipinski definition) is 3. The van der Waals surface area contributed by atoms with E-state index in [1.54, 1.807) is 0 Å². The maximum absolute atomic E-state index is 4.76. The molecular weight excluding hydrogens is 210 g/mol. The number of aryl methyl sites for hydroxylation is 1. The highest BCUT2D eigenvalue weighted by Crippen LogP contribution is 2.20. The zero-order chi connectivity index (χ0) is 11.7. The van der Waals surface area contributed by atoms with Gasteiger partial charge in [-0.1, -0.05) is 12.1 Å². The van der Waals surface area contributed by atoms with Crippen LogP contribution in [0.25, 0.3) is 10.9 Å². The first-order valence-electron chi connectivity index (χ1n) is 6.17. The average molecular weight is 227 g/mol. The fourth-order valence-electron chi connectivity index (χ4n) is 2.37. The van der Waals surface area contributed by atoms with E-state index in [-0.39, 0.29) is 0 Å². The molecule has 1 aliphatic rings. The molecule has 1 aromatic carbocycles. The molecule has 0 radical (unpaired) electrons. The number of nitrogens with zero attached hydrogens (tertiary/aromatic N) is 2. The molecular formula is C14H17N3. The number of nitrogens with one attached hydrogen (secondary N) is 1. The van der Waals surface area contributed by atoms with Crippen molar-refractivity contribution in [2.75, 3.05) is 31.1 Å². The zero-order valence-electron chi connectivity index (χ0n) is 10.1. The van der Waals surface area contributed by atoms with E-state index < -0.39 is 0 Å². The van der Waals surface area contributed by atoms with Gasteiger partial charge in [-0.15, -0.1) is 0 Å². The Labute approximate surface area is 101 Å². The van der Waals surface area contributed by atoms with Crippen LogP contribution < -0.4 is 10.2 Å². The first kappa shape index (κ1) is 10.5. The van der Waals surface area contributed by atoms with Crippen molar-refractivity contribution in [2.45, 2.75) is 6.92 Å². The second-order valence-electron chi connectivity index (χ2n) is 4.55. The van der Waals surface area contributed by atoms with E-state index >= 15 is 0 Å². The Hall–Kier alpha value is -1.61. The fraction of sp³-hybridized carbons (Fsp3) is 0.357. The smallest absolute Gasteiger partial charge is 0.129 e. The molecule has 0 aliphatic carbocycles. The lowest BCUT2D eigenvalue weighted by atomic mass is 10.1. The van der Waals surface area contributed by atoms with Gasteiger partial charge in [0.1, 0.15) is 5.82 Å². The van der Waals surface area contributed by atoms with Gasteiger partial charge in [0.15, 0.2) is 0 Å². The van der Waals surface area contributed by atoms with Gasteiger partial charge in [0.05, 0.1) is 5.52 Å². The van der Waals surface area contributed by atoms with Crippen LogP contribution in [0, 0.1) is 6.92 Å². The average Bonchev–Trinajstić information content (AvgIpc) is 2.40. The molecule has 1 aliphatic heterocycles. The number of anilines is 1. The molecule has 2 heterocycles. The highest BCUT2D eigenvalue weighted by Gasteiger charge is 2.11. The van der Waals surface area contributed by atoms with Crippen LogP contribution >= 0.6 is 0 Å². The summed E-state index contributed by atoms with van der Waals surface area (Å²) in [6, 6.07) is 10.6. The highest BCUT2D eigenvalue weighted by molar-refractivity contribution is 5.83. The van der Waals surface area contributed by atoms with E-state index in [4.69, 9.17) is 4.98 Å².